The van der Waals surface area contributed by atoms with Crippen molar-refractivity contribution in [2.24, 2.45) is 0 Å². The van der Waals surface area contributed by atoms with Crippen molar-refractivity contribution >= 4 is 5.91 Å². The molecule has 1 heterocycles. The van der Waals surface area contributed by atoms with E-state index in [1.807, 2.05) is 38.1 Å². The molecule has 0 saturated carbocycles. The predicted molar refractivity (Wildman–Crippen MR) is 67.2 cm³/mol. The van der Waals surface area contributed by atoms with Crippen LogP contribution in [0.3, 0.4) is 0 Å². The smallest absolute Gasteiger partial charge is 0.254 e. The van der Waals surface area contributed by atoms with E-state index in [2.05, 4.69) is 0 Å². The summed E-state index contributed by atoms with van der Waals surface area (Å²) in [4.78, 5) is 14.0. The molecule has 18 heavy (non-hydrogen) atoms. The van der Waals surface area contributed by atoms with Crippen molar-refractivity contribution in [1.82, 2.24) is 4.90 Å². The van der Waals surface area contributed by atoms with Gasteiger partial charge in [-0.3, -0.25) is 4.79 Å². The number of carbonyl (C=O) groups excluding carboxylic acids is 1. The lowest BCUT2D eigenvalue weighted by atomic mass is 10.1. The fraction of sp³-hybridized carbons (Fsp3) is 0.429. The molecule has 0 N–H and O–H groups in total. The van der Waals surface area contributed by atoms with Gasteiger partial charge < -0.3 is 9.64 Å². The molecule has 1 aromatic carbocycles. The molecule has 0 aliphatic carbocycles. The number of hydrogen-bond acceptors (Lipinski definition) is 3. The van der Waals surface area contributed by atoms with Crippen LogP contribution in [0.15, 0.2) is 18.2 Å². The third kappa shape index (κ3) is 2.69. The van der Waals surface area contributed by atoms with Crippen LogP contribution in [-0.4, -0.2) is 36.6 Å². The molecule has 4 heteroatoms. The summed E-state index contributed by atoms with van der Waals surface area (Å²) in [7, 11) is 0. The van der Waals surface area contributed by atoms with Crippen molar-refractivity contribution in [3.63, 3.8) is 0 Å². The van der Waals surface area contributed by atoms with E-state index in [9.17, 15) is 4.79 Å². The highest BCUT2D eigenvalue weighted by Gasteiger charge is 2.24. The van der Waals surface area contributed by atoms with Gasteiger partial charge >= 0.3 is 0 Å². The van der Waals surface area contributed by atoms with Crippen LogP contribution in [0.4, 0.5) is 0 Å². The zero-order valence-electron chi connectivity index (χ0n) is 10.6. The second-order valence-electron chi connectivity index (χ2n) is 4.62. The molecule has 0 spiro atoms. The summed E-state index contributed by atoms with van der Waals surface area (Å²) in [5, 5.41) is 8.84. The van der Waals surface area contributed by atoms with Crippen LogP contribution < -0.4 is 0 Å². The number of carbonyl (C=O) groups is 1. The summed E-state index contributed by atoms with van der Waals surface area (Å²) in [6.45, 7) is 5.27. The minimum absolute atomic E-state index is 0.0228. The molecule has 1 fully saturated rings. The van der Waals surface area contributed by atoms with Gasteiger partial charge in [-0.05, 0) is 26.0 Å². The quantitative estimate of drug-likeness (QED) is 0.755. The second kappa shape index (κ2) is 5.19. The van der Waals surface area contributed by atoms with Gasteiger partial charge in [0.1, 0.15) is 0 Å². The van der Waals surface area contributed by atoms with Gasteiger partial charge in [0.05, 0.1) is 19.2 Å². The third-order valence-corrected chi connectivity index (χ3v) is 2.97. The summed E-state index contributed by atoms with van der Waals surface area (Å²) in [5.41, 5.74) is 2.83. The van der Waals surface area contributed by atoms with Crippen LogP contribution in [0.2, 0.25) is 0 Å². The Bertz CT molecular complexity index is 485. The van der Waals surface area contributed by atoms with Crippen LogP contribution in [0.1, 0.15) is 21.5 Å². The fourth-order valence-corrected chi connectivity index (χ4v) is 2.19. The van der Waals surface area contributed by atoms with Gasteiger partial charge in [-0.1, -0.05) is 17.2 Å². The molecule has 0 bridgehead atoms. The lowest BCUT2D eigenvalue weighted by Crippen LogP contribution is -2.45. The lowest BCUT2D eigenvalue weighted by Gasteiger charge is -2.30. The standard InChI is InChI=1S/C14H16N2O2/c1-10-5-11(2)7-12(6-10)14(17)16-3-4-18-13(8-15)9-16/h5-7,13H,3-4,9H2,1-2H3. The van der Waals surface area contributed by atoms with E-state index in [4.69, 9.17) is 10.00 Å². The lowest BCUT2D eigenvalue weighted by molar-refractivity contribution is 0.00346. The zero-order valence-corrected chi connectivity index (χ0v) is 10.6. The first-order valence-electron chi connectivity index (χ1n) is 5.99. The Balaban J connectivity index is 2.18. The highest BCUT2D eigenvalue weighted by molar-refractivity contribution is 5.94. The highest BCUT2D eigenvalue weighted by atomic mass is 16.5. The minimum atomic E-state index is -0.506. The van der Waals surface area contributed by atoms with Crippen LogP contribution in [0, 0.1) is 25.2 Å². The number of aryl methyl sites for hydroxylation is 2. The number of amides is 1. The fourth-order valence-electron chi connectivity index (χ4n) is 2.19. The molecule has 1 atom stereocenters. The minimum Gasteiger partial charge on any atom is -0.360 e. The van der Waals surface area contributed by atoms with Crippen molar-refractivity contribution in [2.45, 2.75) is 20.0 Å². The van der Waals surface area contributed by atoms with Crippen molar-refractivity contribution in [3.05, 3.63) is 34.9 Å². The number of nitriles is 1. The Morgan fingerprint density at radius 2 is 2.06 bits per heavy atom. The first-order chi connectivity index (χ1) is 8.60. The number of benzene rings is 1. The Kier molecular flexibility index (Phi) is 3.63. The maximum Gasteiger partial charge on any atom is 0.254 e. The number of morpholine rings is 1. The van der Waals surface area contributed by atoms with Crippen molar-refractivity contribution < 1.29 is 9.53 Å². The van der Waals surface area contributed by atoms with Crippen molar-refractivity contribution in [1.29, 1.82) is 5.26 Å². The van der Waals surface area contributed by atoms with Gasteiger partial charge in [0.2, 0.25) is 0 Å². The molecule has 4 nitrogen and oxygen atoms in total. The first kappa shape index (κ1) is 12.6. The largest absolute Gasteiger partial charge is 0.360 e. The van der Waals surface area contributed by atoms with Gasteiger partial charge in [-0.15, -0.1) is 0 Å². The van der Waals surface area contributed by atoms with E-state index in [0.717, 1.165) is 11.1 Å². The Morgan fingerprint density at radius 3 is 2.67 bits per heavy atom. The van der Waals surface area contributed by atoms with Crippen LogP contribution in [0.5, 0.6) is 0 Å². The molecule has 1 unspecified atom stereocenters. The van der Waals surface area contributed by atoms with E-state index >= 15 is 0 Å². The van der Waals surface area contributed by atoms with Gasteiger partial charge in [0.25, 0.3) is 5.91 Å². The Labute approximate surface area is 107 Å². The van der Waals surface area contributed by atoms with E-state index in [0.29, 0.717) is 25.3 Å². The maximum atomic E-state index is 12.3. The molecular weight excluding hydrogens is 228 g/mol. The van der Waals surface area contributed by atoms with Crippen LogP contribution in [0.25, 0.3) is 0 Å². The molecule has 2 rings (SSSR count). The Hall–Kier alpha value is -1.86. The van der Waals surface area contributed by atoms with Crippen molar-refractivity contribution in [2.75, 3.05) is 19.7 Å². The van der Waals surface area contributed by atoms with Crippen LogP contribution in [-0.2, 0) is 4.74 Å². The third-order valence-electron chi connectivity index (χ3n) is 2.97. The zero-order chi connectivity index (χ0) is 13.1. The van der Waals surface area contributed by atoms with Gasteiger partial charge in [-0.25, -0.2) is 0 Å². The molecule has 1 saturated heterocycles. The first-order valence-corrected chi connectivity index (χ1v) is 5.99. The van der Waals surface area contributed by atoms with Gasteiger partial charge in [-0.2, -0.15) is 5.26 Å². The maximum absolute atomic E-state index is 12.3. The molecule has 1 aromatic rings. The Morgan fingerprint density at radius 1 is 1.39 bits per heavy atom. The monoisotopic (exact) mass is 244 g/mol. The van der Waals surface area contributed by atoms with E-state index in [1.165, 1.54) is 0 Å². The molecule has 0 radical (unpaired) electrons. The van der Waals surface area contributed by atoms with Gasteiger partial charge in [0, 0.05) is 12.1 Å². The molecule has 1 amide bonds. The molecule has 0 aromatic heterocycles. The summed E-state index contributed by atoms with van der Waals surface area (Å²) in [6.07, 6.45) is -0.506. The molecule has 1 aliphatic rings. The van der Waals surface area contributed by atoms with Crippen molar-refractivity contribution in [3.8, 4) is 6.07 Å². The molecule has 94 valence electrons. The normalized spacial score (nSPS) is 19.4. The second-order valence-corrected chi connectivity index (χ2v) is 4.62. The SMILES string of the molecule is Cc1cc(C)cc(C(=O)N2CCOC(C#N)C2)c1. The molecule has 1 aliphatic heterocycles. The number of nitrogens with zero attached hydrogens (tertiary/aromatic N) is 2. The topological polar surface area (TPSA) is 53.3 Å². The van der Waals surface area contributed by atoms with E-state index < -0.39 is 6.10 Å². The number of rotatable bonds is 1. The average molecular weight is 244 g/mol. The van der Waals surface area contributed by atoms with E-state index in [-0.39, 0.29) is 5.91 Å². The van der Waals surface area contributed by atoms with E-state index in [1.54, 1.807) is 4.90 Å². The summed E-state index contributed by atoms with van der Waals surface area (Å²) < 4.78 is 5.24. The average Bonchev–Trinajstić information content (AvgIpc) is 2.37. The molecular formula is C14H16N2O2. The van der Waals surface area contributed by atoms with Gasteiger partial charge in [0.15, 0.2) is 6.10 Å². The predicted octanol–water partition coefficient (Wildman–Crippen LogP) is 1.67. The summed E-state index contributed by atoms with van der Waals surface area (Å²) >= 11 is 0. The summed E-state index contributed by atoms with van der Waals surface area (Å²) in [6, 6.07) is 7.85. The number of hydrogen-bond donors (Lipinski definition) is 0. The number of ether oxygens (including phenoxy) is 1. The summed E-state index contributed by atoms with van der Waals surface area (Å²) in [5.74, 6) is -0.0228. The van der Waals surface area contributed by atoms with Crippen LogP contribution >= 0.6 is 0 Å². The highest BCUT2D eigenvalue weighted by Crippen LogP contribution is 2.14.